The first-order valence-electron chi connectivity index (χ1n) is 7.71. The van der Waals surface area contributed by atoms with Gasteiger partial charge in [0.15, 0.2) is 5.78 Å². The zero-order valence-corrected chi connectivity index (χ0v) is 14.0. The third-order valence-electron chi connectivity index (χ3n) is 3.54. The summed E-state index contributed by atoms with van der Waals surface area (Å²) in [5.74, 6) is -1.53. The molecule has 0 bridgehead atoms. The van der Waals surface area contributed by atoms with E-state index in [0.717, 1.165) is 5.56 Å². The first-order valence-corrected chi connectivity index (χ1v) is 7.71. The van der Waals surface area contributed by atoms with Crippen LogP contribution in [0.1, 0.15) is 33.2 Å². The lowest BCUT2D eigenvalue weighted by Gasteiger charge is -2.18. The number of methoxy groups -OCH3 is 1. The Kier molecular flexibility index (Phi) is 6.42. The SMILES string of the molecule is COC(=O)c1ccccc1C(=O)C(Cc1ccccc1)NOC(C)=O. The van der Waals surface area contributed by atoms with E-state index in [0.29, 0.717) is 6.42 Å². The van der Waals surface area contributed by atoms with Crippen LogP contribution < -0.4 is 5.48 Å². The number of esters is 1. The molecule has 0 saturated heterocycles. The highest BCUT2D eigenvalue weighted by molar-refractivity contribution is 6.08. The summed E-state index contributed by atoms with van der Waals surface area (Å²) in [5.41, 5.74) is 3.75. The lowest BCUT2D eigenvalue weighted by Crippen LogP contribution is -2.40. The molecule has 25 heavy (non-hydrogen) atoms. The Morgan fingerprint density at radius 2 is 1.56 bits per heavy atom. The van der Waals surface area contributed by atoms with Crippen LogP contribution in [0.2, 0.25) is 0 Å². The maximum atomic E-state index is 12.9. The minimum atomic E-state index is -0.836. The molecular weight excluding hydrogens is 322 g/mol. The molecule has 1 N–H and O–H groups in total. The Morgan fingerprint density at radius 3 is 2.16 bits per heavy atom. The molecule has 0 saturated carbocycles. The van der Waals surface area contributed by atoms with Gasteiger partial charge in [0.1, 0.15) is 6.04 Å². The molecule has 130 valence electrons. The van der Waals surface area contributed by atoms with E-state index in [1.807, 2.05) is 30.3 Å². The van der Waals surface area contributed by atoms with Crippen LogP contribution in [0.4, 0.5) is 0 Å². The van der Waals surface area contributed by atoms with Crippen molar-refractivity contribution >= 4 is 17.7 Å². The minimum absolute atomic E-state index is 0.165. The van der Waals surface area contributed by atoms with Crippen LogP contribution in [-0.2, 0) is 20.8 Å². The average Bonchev–Trinajstić information content (AvgIpc) is 2.64. The Bertz CT molecular complexity index is 757. The van der Waals surface area contributed by atoms with Crippen molar-refractivity contribution in [1.29, 1.82) is 0 Å². The van der Waals surface area contributed by atoms with Crippen molar-refractivity contribution in [2.45, 2.75) is 19.4 Å². The summed E-state index contributed by atoms with van der Waals surface area (Å²) in [6.45, 7) is 1.24. The standard InChI is InChI=1S/C19H19NO5/c1-13(21)25-20-17(12-14-8-4-3-5-9-14)18(22)15-10-6-7-11-16(15)19(23)24-2/h3-11,17,20H,12H2,1-2H3. The highest BCUT2D eigenvalue weighted by Gasteiger charge is 2.26. The van der Waals surface area contributed by atoms with Crippen LogP contribution in [-0.4, -0.2) is 30.9 Å². The van der Waals surface area contributed by atoms with E-state index in [9.17, 15) is 14.4 Å². The summed E-state index contributed by atoms with van der Waals surface area (Å²) in [7, 11) is 1.25. The van der Waals surface area contributed by atoms with Gasteiger partial charge >= 0.3 is 11.9 Å². The molecule has 0 amide bonds. The van der Waals surface area contributed by atoms with E-state index in [2.05, 4.69) is 5.48 Å². The summed E-state index contributed by atoms with van der Waals surface area (Å²) in [6, 6.07) is 14.8. The van der Waals surface area contributed by atoms with Gasteiger partial charge in [-0.15, -0.1) is 5.48 Å². The molecule has 1 atom stereocenters. The molecule has 1 unspecified atom stereocenters. The number of rotatable bonds is 7. The molecule has 0 fully saturated rings. The van der Waals surface area contributed by atoms with Gasteiger partial charge in [0, 0.05) is 12.5 Å². The van der Waals surface area contributed by atoms with Gasteiger partial charge in [0.25, 0.3) is 0 Å². The molecule has 0 spiro atoms. The number of hydroxylamine groups is 1. The summed E-state index contributed by atoms with van der Waals surface area (Å²) in [5, 5.41) is 0. The van der Waals surface area contributed by atoms with Crippen molar-refractivity contribution in [3.63, 3.8) is 0 Å². The van der Waals surface area contributed by atoms with E-state index in [4.69, 9.17) is 9.57 Å². The number of nitrogens with one attached hydrogen (secondary N) is 1. The number of carbonyl (C=O) groups excluding carboxylic acids is 3. The quantitative estimate of drug-likeness (QED) is 0.473. The van der Waals surface area contributed by atoms with E-state index in [1.165, 1.54) is 20.1 Å². The Balaban J connectivity index is 2.31. The number of Topliss-reactive ketones (excluding diaryl/α,β-unsaturated/α-hetero) is 1. The fourth-order valence-electron chi connectivity index (χ4n) is 2.37. The highest BCUT2D eigenvalue weighted by atomic mass is 16.7. The monoisotopic (exact) mass is 341 g/mol. The van der Waals surface area contributed by atoms with Crippen LogP contribution in [0.5, 0.6) is 0 Å². The third kappa shape index (κ3) is 4.99. The van der Waals surface area contributed by atoms with Crippen LogP contribution >= 0.6 is 0 Å². The lowest BCUT2D eigenvalue weighted by atomic mass is 9.95. The smallest absolute Gasteiger partial charge is 0.338 e. The highest BCUT2D eigenvalue weighted by Crippen LogP contribution is 2.15. The summed E-state index contributed by atoms with van der Waals surface area (Å²) < 4.78 is 4.73. The van der Waals surface area contributed by atoms with Gasteiger partial charge in [-0.05, 0) is 18.1 Å². The van der Waals surface area contributed by atoms with Crippen LogP contribution in [0, 0.1) is 0 Å². The summed E-state index contributed by atoms with van der Waals surface area (Å²) in [4.78, 5) is 40.8. The first-order chi connectivity index (χ1) is 12.0. The van der Waals surface area contributed by atoms with Crippen LogP contribution in [0.3, 0.4) is 0 Å². The molecule has 0 aromatic heterocycles. The normalized spacial score (nSPS) is 11.4. The van der Waals surface area contributed by atoms with E-state index < -0.39 is 18.0 Å². The van der Waals surface area contributed by atoms with E-state index in [-0.39, 0.29) is 16.9 Å². The van der Waals surface area contributed by atoms with Gasteiger partial charge in [0.05, 0.1) is 12.7 Å². The minimum Gasteiger partial charge on any atom is -0.465 e. The van der Waals surface area contributed by atoms with Crippen LogP contribution in [0.25, 0.3) is 0 Å². The van der Waals surface area contributed by atoms with Gasteiger partial charge in [-0.2, -0.15) is 0 Å². The van der Waals surface area contributed by atoms with Gasteiger partial charge in [-0.25, -0.2) is 4.79 Å². The molecule has 0 radical (unpaired) electrons. The molecule has 6 heteroatoms. The van der Waals surface area contributed by atoms with E-state index in [1.54, 1.807) is 18.2 Å². The summed E-state index contributed by atoms with van der Waals surface area (Å²) in [6.07, 6.45) is 0.294. The molecule has 0 aliphatic carbocycles. The molecule has 2 aromatic carbocycles. The van der Waals surface area contributed by atoms with Crippen molar-refractivity contribution in [2.75, 3.05) is 7.11 Å². The predicted molar refractivity (Wildman–Crippen MR) is 90.9 cm³/mol. The number of hydrogen-bond acceptors (Lipinski definition) is 6. The maximum Gasteiger partial charge on any atom is 0.338 e. The maximum absolute atomic E-state index is 12.9. The number of benzene rings is 2. The predicted octanol–water partition coefficient (Wildman–Crippen LogP) is 2.33. The molecule has 2 rings (SSSR count). The molecule has 0 aliphatic heterocycles. The number of ketones is 1. The lowest BCUT2D eigenvalue weighted by molar-refractivity contribution is -0.149. The number of ether oxygens (including phenoxy) is 1. The zero-order chi connectivity index (χ0) is 18.2. The number of carbonyl (C=O) groups is 3. The van der Waals surface area contributed by atoms with Crippen molar-refractivity contribution < 1.29 is 24.0 Å². The zero-order valence-electron chi connectivity index (χ0n) is 14.0. The van der Waals surface area contributed by atoms with Crippen molar-refractivity contribution in [3.8, 4) is 0 Å². The molecule has 0 aliphatic rings. The second-order valence-corrected chi connectivity index (χ2v) is 5.36. The van der Waals surface area contributed by atoms with Crippen molar-refractivity contribution in [2.24, 2.45) is 0 Å². The van der Waals surface area contributed by atoms with Crippen molar-refractivity contribution in [1.82, 2.24) is 5.48 Å². The molecule has 0 heterocycles. The molecular formula is C19H19NO5. The van der Waals surface area contributed by atoms with E-state index >= 15 is 0 Å². The van der Waals surface area contributed by atoms with Crippen molar-refractivity contribution in [3.05, 3.63) is 71.3 Å². The van der Waals surface area contributed by atoms with Gasteiger partial charge in [-0.3, -0.25) is 9.59 Å². The second kappa shape index (κ2) is 8.75. The van der Waals surface area contributed by atoms with Crippen LogP contribution in [0.15, 0.2) is 54.6 Å². The largest absolute Gasteiger partial charge is 0.465 e. The second-order valence-electron chi connectivity index (χ2n) is 5.36. The fraction of sp³-hybridized carbons (Fsp3) is 0.211. The first kappa shape index (κ1) is 18.4. The third-order valence-corrected chi connectivity index (χ3v) is 3.54. The Hall–Kier alpha value is -2.99. The topological polar surface area (TPSA) is 81.7 Å². The Morgan fingerprint density at radius 1 is 0.960 bits per heavy atom. The number of hydrogen-bond donors (Lipinski definition) is 1. The molecule has 6 nitrogen and oxygen atoms in total. The van der Waals surface area contributed by atoms with Gasteiger partial charge in [0.2, 0.25) is 0 Å². The average molecular weight is 341 g/mol. The van der Waals surface area contributed by atoms with Gasteiger partial charge < -0.3 is 9.57 Å². The fourth-order valence-corrected chi connectivity index (χ4v) is 2.37. The Labute approximate surface area is 145 Å². The summed E-state index contributed by atoms with van der Waals surface area (Å²) >= 11 is 0. The molecule has 2 aromatic rings. The van der Waals surface area contributed by atoms with Gasteiger partial charge in [-0.1, -0.05) is 48.5 Å².